The standard InChI is InChI=1S/C19H17ClN4S/c1-14(11-21)13-25-19-23-22-18(16-7-9-17(20)10-8-16)24(19)12-15-5-3-2-4-6-15/h2-10,14H,12-13H2,1H3/t14-/m0/s1. The molecule has 0 fully saturated rings. The number of nitrogens with zero attached hydrogens (tertiary/aromatic N) is 4. The Morgan fingerprint density at radius 1 is 1.12 bits per heavy atom. The van der Waals surface area contributed by atoms with E-state index in [9.17, 15) is 0 Å². The zero-order valence-electron chi connectivity index (χ0n) is 13.8. The van der Waals surface area contributed by atoms with Crippen LogP contribution in [0.15, 0.2) is 59.8 Å². The first-order valence-corrected chi connectivity index (χ1v) is 9.29. The van der Waals surface area contributed by atoms with Gasteiger partial charge in [0.15, 0.2) is 11.0 Å². The Bertz CT molecular complexity index is 869. The molecule has 2 aromatic carbocycles. The third-order valence-corrected chi connectivity index (χ3v) is 5.16. The molecule has 0 aliphatic carbocycles. The van der Waals surface area contributed by atoms with Crippen molar-refractivity contribution in [3.05, 3.63) is 65.2 Å². The van der Waals surface area contributed by atoms with Crippen LogP contribution in [0, 0.1) is 17.2 Å². The van der Waals surface area contributed by atoms with Crippen molar-refractivity contribution in [2.24, 2.45) is 5.92 Å². The van der Waals surface area contributed by atoms with E-state index in [4.69, 9.17) is 16.9 Å². The van der Waals surface area contributed by atoms with E-state index in [-0.39, 0.29) is 5.92 Å². The monoisotopic (exact) mass is 368 g/mol. The highest BCUT2D eigenvalue weighted by atomic mass is 35.5. The number of benzene rings is 2. The average Bonchev–Trinajstić information content (AvgIpc) is 3.03. The lowest BCUT2D eigenvalue weighted by atomic mass is 10.2. The Hall–Kier alpha value is -2.29. The molecule has 0 aliphatic heterocycles. The molecule has 25 heavy (non-hydrogen) atoms. The van der Waals surface area contributed by atoms with E-state index in [0.717, 1.165) is 16.5 Å². The molecular formula is C19H17ClN4S. The van der Waals surface area contributed by atoms with E-state index in [1.54, 1.807) is 11.8 Å². The third-order valence-electron chi connectivity index (χ3n) is 3.69. The average molecular weight is 369 g/mol. The first kappa shape index (κ1) is 17.5. The Morgan fingerprint density at radius 3 is 2.52 bits per heavy atom. The van der Waals surface area contributed by atoms with Crippen LogP contribution in [0.3, 0.4) is 0 Å². The lowest BCUT2D eigenvalue weighted by molar-refractivity contribution is 0.712. The Morgan fingerprint density at radius 2 is 1.84 bits per heavy atom. The number of halogens is 1. The Labute approximate surface area is 156 Å². The van der Waals surface area contributed by atoms with Crippen molar-refractivity contribution in [1.82, 2.24) is 14.8 Å². The maximum Gasteiger partial charge on any atom is 0.191 e. The number of aromatic nitrogens is 3. The lowest BCUT2D eigenvalue weighted by Gasteiger charge is -2.11. The molecule has 1 atom stereocenters. The van der Waals surface area contributed by atoms with Crippen LogP contribution < -0.4 is 0 Å². The van der Waals surface area contributed by atoms with Crippen molar-refractivity contribution >= 4 is 23.4 Å². The molecule has 0 amide bonds. The summed E-state index contributed by atoms with van der Waals surface area (Å²) in [6.45, 7) is 2.58. The van der Waals surface area contributed by atoms with Crippen molar-refractivity contribution < 1.29 is 0 Å². The van der Waals surface area contributed by atoms with Gasteiger partial charge in [0, 0.05) is 16.3 Å². The van der Waals surface area contributed by atoms with Gasteiger partial charge in [0.1, 0.15) is 0 Å². The number of rotatable bonds is 6. The van der Waals surface area contributed by atoms with Crippen molar-refractivity contribution in [3.8, 4) is 17.5 Å². The van der Waals surface area contributed by atoms with Crippen LogP contribution in [0.2, 0.25) is 5.02 Å². The predicted molar refractivity (Wildman–Crippen MR) is 102 cm³/mol. The van der Waals surface area contributed by atoms with E-state index in [2.05, 4.69) is 33.0 Å². The predicted octanol–water partition coefficient (Wildman–Crippen LogP) is 4.90. The molecule has 0 radical (unpaired) electrons. The van der Waals surface area contributed by atoms with Crippen LogP contribution in [0.1, 0.15) is 12.5 Å². The van der Waals surface area contributed by atoms with Gasteiger partial charge in [0.25, 0.3) is 0 Å². The normalized spacial score (nSPS) is 11.9. The molecule has 0 saturated heterocycles. The number of thioether (sulfide) groups is 1. The maximum atomic E-state index is 9.01. The number of hydrogen-bond donors (Lipinski definition) is 0. The van der Waals surface area contributed by atoms with Gasteiger partial charge in [-0.15, -0.1) is 10.2 Å². The molecule has 4 nitrogen and oxygen atoms in total. The van der Waals surface area contributed by atoms with E-state index in [0.29, 0.717) is 17.3 Å². The van der Waals surface area contributed by atoms with Gasteiger partial charge in [0.2, 0.25) is 0 Å². The Balaban J connectivity index is 1.95. The summed E-state index contributed by atoms with van der Waals surface area (Å²) >= 11 is 7.56. The van der Waals surface area contributed by atoms with Gasteiger partial charge in [-0.3, -0.25) is 4.57 Å². The van der Waals surface area contributed by atoms with Gasteiger partial charge >= 0.3 is 0 Å². The van der Waals surface area contributed by atoms with Gasteiger partial charge < -0.3 is 0 Å². The molecule has 0 saturated carbocycles. The molecule has 0 unspecified atom stereocenters. The molecule has 3 rings (SSSR count). The summed E-state index contributed by atoms with van der Waals surface area (Å²) in [5.74, 6) is 1.45. The summed E-state index contributed by atoms with van der Waals surface area (Å²) in [7, 11) is 0. The minimum Gasteiger partial charge on any atom is -0.298 e. The zero-order chi connectivity index (χ0) is 17.6. The van der Waals surface area contributed by atoms with Crippen LogP contribution >= 0.6 is 23.4 Å². The smallest absolute Gasteiger partial charge is 0.191 e. The van der Waals surface area contributed by atoms with E-state index >= 15 is 0 Å². The van der Waals surface area contributed by atoms with Gasteiger partial charge in [-0.2, -0.15) is 5.26 Å². The van der Waals surface area contributed by atoms with Crippen molar-refractivity contribution in [3.63, 3.8) is 0 Å². The van der Waals surface area contributed by atoms with Crippen LogP contribution in [-0.2, 0) is 6.54 Å². The van der Waals surface area contributed by atoms with Gasteiger partial charge in [-0.25, -0.2) is 0 Å². The third kappa shape index (κ3) is 4.41. The fraction of sp³-hybridized carbons (Fsp3) is 0.211. The second-order valence-corrected chi connectivity index (χ2v) is 7.15. The van der Waals surface area contributed by atoms with Crippen LogP contribution in [0.4, 0.5) is 0 Å². The SMILES string of the molecule is C[C@@H](C#N)CSc1nnc(-c2ccc(Cl)cc2)n1Cc1ccccc1. The zero-order valence-corrected chi connectivity index (χ0v) is 15.3. The number of hydrogen-bond acceptors (Lipinski definition) is 4. The first-order chi connectivity index (χ1) is 12.2. The molecule has 6 heteroatoms. The van der Waals surface area contributed by atoms with Crippen molar-refractivity contribution in [1.29, 1.82) is 5.26 Å². The van der Waals surface area contributed by atoms with Crippen LogP contribution in [-0.4, -0.2) is 20.5 Å². The van der Waals surface area contributed by atoms with E-state index in [1.807, 2.05) is 49.4 Å². The minimum absolute atomic E-state index is 0.0362. The summed E-state index contributed by atoms with van der Waals surface area (Å²) in [4.78, 5) is 0. The minimum atomic E-state index is -0.0362. The highest BCUT2D eigenvalue weighted by molar-refractivity contribution is 7.99. The summed E-state index contributed by atoms with van der Waals surface area (Å²) < 4.78 is 2.09. The molecule has 0 N–H and O–H groups in total. The van der Waals surface area contributed by atoms with Crippen LogP contribution in [0.25, 0.3) is 11.4 Å². The molecule has 1 aromatic heterocycles. The largest absolute Gasteiger partial charge is 0.298 e. The van der Waals surface area contributed by atoms with E-state index in [1.165, 1.54) is 5.56 Å². The van der Waals surface area contributed by atoms with E-state index < -0.39 is 0 Å². The lowest BCUT2D eigenvalue weighted by Crippen LogP contribution is -2.05. The fourth-order valence-electron chi connectivity index (χ4n) is 2.35. The van der Waals surface area contributed by atoms with Gasteiger partial charge in [-0.1, -0.05) is 53.7 Å². The molecule has 0 bridgehead atoms. The first-order valence-electron chi connectivity index (χ1n) is 7.93. The second-order valence-electron chi connectivity index (χ2n) is 5.73. The second kappa shape index (κ2) is 8.19. The van der Waals surface area contributed by atoms with Crippen molar-refractivity contribution in [2.45, 2.75) is 18.6 Å². The summed E-state index contributed by atoms with van der Waals surface area (Å²) in [6.07, 6.45) is 0. The number of nitriles is 1. The van der Waals surface area contributed by atoms with Gasteiger partial charge in [0.05, 0.1) is 18.5 Å². The Kier molecular flexibility index (Phi) is 5.75. The molecule has 0 spiro atoms. The summed E-state index contributed by atoms with van der Waals surface area (Å²) in [5.41, 5.74) is 2.14. The molecule has 126 valence electrons. The molecule has 1 heterocycles. The van der Waals surface area contributed by atoms with Crippen LogP contribution in [0.5, 0.6) is 0 Å². The molecule has 3 aromatic rings. The van der Waals surface area contributed by atoms with Gasteiger partial charge in [-0.05, 0) is 36.8 Å². The highest BCUT2D eigenvalue weighted by Gasteiger charge is 2.16. The highest BCUT2D eigenvalue weighted by Crippen LogP contribution is 2.27. The van der Waals surface area contributed by atoms with Crippen molar-refractivity contribution in [2.75, 3.05) is 5.75 Å². The molecule has 0 aliphatic rings. The quantitative estimate of drug-likeness (QED) is 0.581. The summed E-state index contributed by atoms with van der Waals surface area (Å²) in [6, 6.07) is 20.0. The molecular weight excluding hydrogens is 352 g/mol. The maximum absolute atomic E-state index is 9.01. The topological polar surface area (TPSA) is 54.5 Å². The fourth-order valence-corrected chi connectivity index (χ4v) is 3.36. The summed E-state index contributed by atoms with van der Waals surface area (Å²) in [5, 5.41) is 19.2.